The molecule has 0 saturated heterocycles. The van der Waals surface area contributed by atoms with Crippen LogP contribution >= 0.6 is 0 Å². The van der Waals surface area contributed by atoms with Crippen LogP contribution in [0.25, 0.3) is 0 Å². The van der Waals surface area contributed by atoms with Crippen molar-refractivity contribution in [1.82, 2.24) is 25.5 Å². The largest absolute Gasteiger partial charge is 0.343 e. The third-order valence-corrected chi connectivity index (χ3v) is 2.78. The van der Waals surface area contributed by atoms with E-state index in [1.54, 1.807) is 12.4 Å². The van der Waals surface area contributed by atoms with Crippen LogP contribution in [0.2, 0.25) is 0 Å². The Hall–Kier alpha value is -2.24. The van der Waals surface area contributed by atoms with E-state index in [1.807, 2.05) is 26.0 Å². The van der Waals surface area contributed by atoms with Crippen LogP contribution in [0.1, 0.15) is 48.3 Å². The molecule has 6 heteroatoms. The van der Waals surface area contributed by atoms with E-state index in [0.29, 0.717) is 0 Å². The number of nitrogens with zero attached hydrogens (tertiary/aromatic N) is 3. The number of aromatic amines is 1. The van der Waals surface area contributed by atoms with Gasteiger partial charge in [-0.15, -0.1) is 5.10 Å². The Labute approximate surface area is 111 Å². The average Bonchev–Trinajstić information content (AvgIpc) is 2.89. The maximum absolute atomic E-state index is 12.0. The van der Waals surface area contributed by atoms with Crippen molar-refractivity contribution in [2.45, 2.75) is 32.7 Å². The number of aromatic nitrogens is 4. The highest BCUT2D eigenvalue weighted by Crippen LogP contribution is 2.10. The first kappa shape index (κ1) is 13.2. The zero-order valence-electron chi connectivity index (χ0n) is 11.1. The van der Waals surface area contributed by atoms with Crippen LogP contribution in [0.3, 0.4) is 0 Å². The number of aryl methyl sites for hydroxylation is 1. The van der Waals surface area contributed by atoms with Crippen LogP contribution in [0.4, 0.5) is 0 Å². The quantitative estimate of drug-likeness (QED) is 0.855. The lowest BCUT2D eigenvalue weighted by Crippen LogP contribution is -2.27. The molecule has 0 spiro atoms. The molecule has 0 aliphatic carbocycles. The second-order valence-electron chi connectivity index (χ2n) is 4.33. The molecule has 2 N–H and O–H groups in total. The molecule has 6 nitrogen and oxygen atoms in total. The van der Waals surface area contributed by atoms with E-state index in [-0.39, 0.29) is 17.8 Å². The van der Waals surface area contributed by atoms with Crippen molar-refractivity contribution in [3.05, 3.63) is 41.7 Å². The number of carbonyl (C=O) groups excluding carboxylic acids is 1. The minimum absolute atomic E-state index is 0.108. The number of H-pyrrole nitrogens is 1. The molecule has 1 atom stereocenters. The van der Waals surface area contributed by atoms with Gasteiger partial charge in [0.1, 0.15) is 5.82 Å². The zero-order chi connectivity index (χ0) is 13.7. The monoisotopic (exact) mass is 259 g/mol. The highest BCUT2D eigenvalue weighted by Gasteiger charge is 2.15. The minimum Gasteiger partial charge on any atom is -0.343 e. The molecule has 0 saturated carbocycles. The Morgan fingerprint density at radius 3 is 2.84 bits per heavy atom. The van der Waals surface area contributed by atoms with Crippen molar-refractivity contribution >= 4 is 5.91 Å². The van der Waals surface area contributed by atoms with Gasteiger partial charge in [0.2, 0.25) is 5.82 Å². The molecule has 2 rings (SSSR count). The molecule has 2 aromatic heterocycles. The van der Waals surface area contributed by atoms with Gasteiger partial charge < -0.3 is 5.32 Å². The number of carbonyl (C=O) groups is 1. The molecule has 100 valence electrons. The molecular formula is C13H17N5O. The lowest BCUT2D eigenvalue weighted by atomic mass is 10.1. The highest BCUT2D eigenvalue weighted by molar-refractivity contribution is 5.90. The van der Waals surface area contributed by atoms with Crippen LogP contribution in [0.5, 0.6) is 0 Å². The molecule has 2 aromatic rings. The minimum atomic E-state index is -0.275. The first-order valence-electron chi connectivity index (χ1n) is 6.32. The summed E-state index contributed by atoms with van der Waals surface area (Å²) in [6, 6.07) is 3.63. The fourth-order valence-corrected chi connectivity index (χ4v) is 1.74. The number of nitrogens with one attached hydrogen (secondary N) is 2. The van der Waals surface area contributed by atoms with Gasteiger partial charge in [-0.1, -0.05) is 6.92 Å². The van der Waals surface area contributed by atoms with E-state index in [1.165, 1.54) is 0 Å². The molecular weight excluding hydrogens is 242 g/mol. The van der Waals surface area contributed by atoms with Gasteiger partial charge in [0.25, 0.3) is 5.91 Å². The van der Waals surface area contributed by atoms with E-state index < -0.39 is 0 Å². The van der Waals surface area contributed by atoms with Crippen molar-refractivity contribution in [1.29, 1.82) is 0 Å². The smallest absolute Gasteiger partial charge is 0.291 e. The summed E-state index contributed by atoms with van der Waals surface area (Å²) in [6.45, 7) is 3.96. The molecule has 2 heterocycles. The molecule has 0 fully saturated rings. The van der Waals surface area contributed by atoms with Gasteiger partial charge >= 0.3 is 0 Å². The summed E-state index contributed by atoms with van der Waals surface area (Å²) in [7, 11) is 0. The summed E-state index contributed by atoms with van der Waals surface area (Å²) in [5.74, 6) is 0.650. The van der Waals surface area contributed by atoms with E-state index in [9.17, 15) is 4.79 Å². The molecule has 0 aliphatic rings. The van der Waals surface area contributed by atoms with Crippen LogP contribution in [-0.2, 0) is 6.42 Å². The fraction of sp³-hybridized carbons (Fsp3) is 0.385. The van der Waals surface area contributed by atoms with Gasteiger partial charge in [0.05, 0.1) is 6.04 Å². The summed E-state index contributed by atoms with van der Waals surface area (Å²) < 4.78 is 0. The van der Waals surface area contributed by atoms with Crippen molar-refractivity contribution in [2.24, 2.45) is 0 Å². The second-order valence-corrected chi connectivity index (χ2v) is 4.33. The molecule has 0 radical (unpaired) electrons. The van der Waals surface area contributed by atoms with Gasteiger partial charge in [0.15, 0.2) is 0 Å². The lowest BCUT2D eigenvalue weighted by molar-refractivity contribution is 0.0929. The SMILES string of the molecule is CCCc1nc(C(=O)NC(C)c2ccncc2)n[nH]1. The summed E-state index contributed by atoms with van der Waals surface area (Å²) in [6.07, 6.45) is 5.15. The number of hydrogen-bond donors (Lipinski definition) is 2. The number of pyridine rings is 1. The fourth-order valence-electron chi connectivity index (χ4n) is 1.74. The highest BCUT2D eigenvalue weighted by atomic mass is 16.2. The Bertz CT molecular complexity index is 537. The van der Waals surface area contributed by atoms with Gasteiger partial charge in [-0.25, -0.2) is 4.98 Å². The van der Waals surface area contributed by atoms with Crippen LogP contribution in [0.15, 0.2) is 24.5 Å². The Balaban J connectivity index is 2.00. The maximum Gasteiger partial charge on any atom is 0.291 e. The van der Waals surface area contributed by atoms with Crippen molar-refractivity contribution < 1.29 is 4.79 Å². The molecule has 0 bridgehead atoms. The molecule has 0 aliphatic heterocycles. The number of hydrogen-bond acceptors (Lipinski definition) is 4. The molecule has 1 amide bonds. The molecule has 1 unspecified atom stereocenters. The molecule has 0 aromatic carbocycles. The van der Waals surface area contributed by atoms with Crippen LogP contribution in [-0.4, -0.2) is 26.1 Å². The Morgan fingerprint density at radius 2 is 2.16 bits per heavy atom. The molecule has 19 heavy (non-hydrogen) atoms. The first-order valence-corrected chi connectivity index (χ1v) is 6.32. The van der Waals surface area contributed by atoms with Crippen LogP contribution < -0.4 is 5.32 Å². The van der Waals surface area contributed by atoms with Gasteiger partial charge in [-0.3, -0.25) is 14.9 Å². The second kappa shape index (κ2) is 6.08. The van der Waals surface area contributed by atoms with Gasteiger partial charge in [0, 0.05) is 18.8 Å². The third kappa shape index (κ3) is 3.37. The lowest BCUT2D eigenvalue weighted by Gasteiger charge is -2.12. The number of rotatable bonds is 5. The Kier molecular flexibility index (Phi) is 4.22. The topological polar surface area (TPSA) is 83.6 Å². The first-order chi connectivity index (χ1) is 9.20. The summed E-state index contributed by atoms with van der Waals surface area (Å²) in [4.78, 5) is 20.1. The van der Waals surface area contributed by atoms with Gasteiger partial charge in [-0.2, -0.15) is 0 Å². The standard InChI is InChI=1S/C13H17N5O/c1-3-4-11-16-12(18-17-11)13(19)15-9(2)10-5-7-14-8-6-10/h5-9H,3-4H2,1-2H3,(H,15,19)(H,16,17,18). The zero-order valence-corrected chi connectivity index (χ0v) is 11.1. The van der Waals surface area contributed by atoms with E-state index in [0.717, 1.165) is 24.2 Å². The predicted octanol–water partition coefficient (Wildman–Crippen LogP) is 1.64. The van der Waals surface area contributed by atoms with E-state index >= 15 is 0 Å². The third-order valence-electron chi connectivity index (χ3n) is 2.78. The summed E-state index contributed by atoms with van der Waals surface area (Å²) >= 11 is 0. The average molecular weight is 259 g/mol. The van der Waals surface area contributed by atoms with E-state index in [4.69, 9.17) is 0 Å². The summed E-state index contributed by atoms with van der Waals surface area (Å²) in [5, 5.41) is 9.55. The van der Waals surface area contributed by atoms with Crippen LogP contribution in [0, 0.1) is 0 Å². The number of amides is 1. The van der Waals surface area contributed by atoms with Crippen molar-refractivity contribution in [3.63, 3.8) is 0 Å². The maximum atomic E-state index is 12.0. The summed E-state index contributed by atoms with van der Waals surface area (Å²) in [5.41, 5.74) is 0.993. The van der Waals surface area contributed by atoms with Crippen molar-refractivity contribution in [3.8, 4) is 0 Å². The van der Waals surface area contributed by atoms with E-state index in [2.05, 4.69) is 25.5 Å². The Morgan fingerprint density at radius 1 is 1.42 bits per heavy atom. The van der Waals surface area contributed by atoms with Crippen molar-refractivity contribution in [2.75, 3.05) is 0 Å². The van der Waals surface area contributed by atoms with Gasteiger partial charge in [-0.05, 0) is 31.0 Å². The normalized spacial score (nSPS) is 12.1. The predicted molar refractivity (Wildman–Crippen MR) is 70.5 cm³/mol.